The molecule has 192 valence electrons. The molecule has 1 atom stereocenters. The standard InChI is InChI=1S/C31H32N6O/c38-27(21-37-23-34-28(24-10-4-1-5-11-24)29-31(37)33-22-32-29)20-35-16-18-36(19-17-35)30(25-12-6-2-7-13-25)26-14-8-3-9-15-26/h1-15,22-23,27,30,38H,16-21H2/t27-/m0/s1. The number of aliphatic hydroxyl groups is 1. The molecule has 3 aliphatic heterocycles. The van der Waals surface area contributed by atoms with E-state index in [1.807, 2.05) is 34.9 Å². The maximum atomic E-state index is 11.0. The minimum Gasteiger partial charge on any atom is -0.390 e. The smallest absolute Gasteiger partial charge is 0.163 e. The van der Waals surface area contributed by atoms with E-state index in [1.165, 1.54) is 11.1 Å². The fourth-order valence-corrected chi connectivity index (χ4v) is 5.49. The van der Waals surface area contributed by atoms with Gasteiger partial charge in [0.2, 0.25) is 0 Å². The van der Waals surface area contributed by atoms with Crippen LogP contribution in [0.3, 0.4) is 0 Å². The zero-order chi connectivity index (χ0) is 25.7. The fraction of sp³-hybridized carbons (Fsp3) is 0.258. The number of hydrogen-bond donors (Lipinski definition) is 1. The zero-order valence-electron chi connectivity index (χ0n) is 21.3. The molecule has 0 saturated carbocycles. The first-order valence-corrected chi connectivity index (χ1v) is 13.2. The molecule has 0 unspecified atom stereocenters. The van der Waals surface area contributed by atoms with Crippen molar-refractivity contribution in [3.8, 4) is 22.8 Å². The lowest BCUT2D eigenvalue weighted by atomic mass is 9.96. The van der Waals surface area contributed by atoms with Gasteiger partial charge in [0, 0.05) is 38.3 Å². The van der Waals surface area contributed by atoms with Crippen LogP contribution in [0.1, 0.15) is 17.2 Å². The van der Waals surface area contributed by atoms with Crippen LogP contribution in [-0.2, 0) is 6.54 Å². The van der Waals surface area contributed by atoms with Crippen molar-refractivity contribution in [2.24, 2.45) is 0 Å². The maximum absolute atomic E-state index is 11.0. The lowest BCUT2D eigenvalue weighted by molar-refractivity contribution is 0.0555. The Labute approximate surface area is 223 Å². The number of benzene rings is 3. The highest BCUT2D eigenvalue weighted by molar-refractivity contribution is 5.75. The van der Waals surface area contributed by atoms with Gasteiger partial charge in [0.05, 0.1) is 25.0 Å². The van der Waals surface area contributed by atoms with Crippen LogP contribution in [0.5, 0.6) is 0 Å². The summed E-state index contributed by atoms with van der Waals surface area (Å²) in [5, 5.41) is 11.0. The molecule has 1 N–H and O–H groups in total. The summed E-state index contributed by atoms with van der Waals surface area (Å²) in [6.45, 7) is 4.75. The molecule has 7 heteroatoms. The Morgan fingerprint density at radius 3 is 1.89 bits per heavy atom. The summed E-state index contributed by atoms with van der Waals surface area (Å²) >= 11 is 0. The van der Waals surface area contributed by atoms with Crippen molar-refractivity contribution in [1.29, 1.82) is 0 Å². The fourth-order valence-electron chi connectivity index (χ4n) is 5.49. The molecule has 0 aromatic heterocycles. The molecule has 7 nitrogen and oxygen atoms in total. The van der Waals surface area contributed by atoms with E-state index in [-0.39, 0.29) is 6.04 Å². The molecule has 1 fully saturated rings. The summed E-state index contributed by atoms with van der Waals surface area (Å²) in [5.41, 5.74) is 5.20. The SMILES string of the molecule is O[C@@H](CN1CCN(C(c2ccccc2)c2ccccc2)CC1)Cn1cnc(-c2ccccc2)c2ncnc1-2. The van der Waals surface area contributed by atoms with E-state index in [4.69, 9.17) is 0 Å². The Kier molecular flexibility index (Phi) is 7.22. The minimum atomic E-state index is -0.533. The predicted octanol–water partition coefficient (Wildman–Crippen LogP) is 4.21. The van der Waals surface area contributed by atoms with Crippen LogP contribution >= 0.6 is 0 Å². The van der Waals surface area contributed by atoms with Crippen molar-refractivity contribution in [2.45, 2.75) is 18.7 Å². The molecule has 3 heterocycles. The third-order valence-corrected chi connectivity index (χ3v) is 7.33. The number of hydrogen-bond acceptors (Lipinski definition) is 6. The van der Waals surface area contributed by atoms with Crippen molar-refractivity contribution in [2.75, 3.05) is 32.7 Å². The largest absolute Gasteiger partial charge is 0.390 e. The molecule has 38 heavy (non-hydrogen) atoms. The molecule has 3 aromatic rings. The molecule has 0 bridgehead atoms. The van der Waals surface area contributed by atoms with Crippen LogP contribution < -0.4 is 0 Å². The molecule has 0 radical (unpaired) electrons. The van der Waals surface area contributed by atoms with Crippen LogP contribution in [0.25, 0.3) is 22.8 Å². The highest BCUT2D eigenvalue weighted by Crippen LogP contribution is 2.30. The number of fused-ring (bicyclic) bond motifs is 1. The van der Waals surface area contributed by atoms with E-state index in [2.05, 4.69) is 85.4 Å². The van der Waals surface area contributed by atoms with Gasteiger partial charge in [-0.15, -0.1) is 0 Å². The summed E-state index contributed by atoms with van der Waals surface area (Å²) in [5.74, 6) is 0.747. The van der Waals surface area contributed by atoms with Gasteiger partial charge in [-0.3, -0.25) is 9.80 Å². The maximum Gasteiger partial charge on any atom is 0.163 e. The van der Waals surface area contributed by atoms with Crippen molar-refractivity contribution < 1.29 is 5.11 Å². The summed E-state index contributed by atoms with van der Waals surface area (Å²) < 4.78 is 1.91. The quantitative estimate of drug-likeness (QED) is 0.341. The number of nitrogens with zero attached hydrogens (tertiary/aromatic N) is 6. The second-order valence-corrected chi connectivity index (χ2v) is 9.87. The normalized spacial score (nSPS) is 15.7. The Balaban J connectivity index is 1.10. The number of aliphatic hydroxyl groups excluding tert-OH is 1. The molecule has 3 aromatic carbocycles. The molecule has 0 amide bonds. The lowest BCUT2D eigenvalue weighted by Crippen LogP contribution is -2.50. The summed E-state index contributed by atoms with van der Waals surface area (Å²) in [7, 11) is 0. The number of imidazole rings is 1. The second-order valence-electron chi connectivity index (χ2n) is 9.87. The monoisotopic (exact) mass is 504 g/mol. The van der Waals surface area contributed by atoms with Gasteiger partial charge >= 0.3 is 0 Å². The van der Waals surface area contributed by atoms with Crippen molar-refractivity contribution in [3.63, 3.8) is 0 Å². The van der Waals surface area contributed by atoms with Crippen molar-refractivity contribution in [3.05, 3.63) is 115 Å². The van der Waals surface area contributed by atoms with Crippen LogP contribution in [0.4, 0.5) is 0 Å². The van der Waals surface area contributed by atoms with Crippen LogP contribution in [0.15, 0.2) is 104 Å². The van der Waals surface area contributed by atoms with Crippen molar-refractivity contribution >= 4 is 0 Å². The molecular formula is C31H32N6O. The minimum absolute atomic E-state index is 0.235. The molecule has 0 spiro atoms. The van der Waals surface area contributed by atoms with Gasteiger partial charge in [0.1, 0.15) is 17.7 Å². The second kappa shape index (κ2) is 11.2. The molecule has 3 aliphatic rings. The molecule has 1 saturated heterocycles. The van der Waals surface area contributed by atoms with E-state index in [0.717, 1.165) is 49.0 Å². The Bertz CT molecular complexity index is 1360. The first kappa shape index (κ1) is 24.4. The van der Waals surface area contributed by atoms with Crippen molar-refractivity contribution in [1.82, 2.24) is 29.3 Å². The first-order valence-electron chi connectivity index (χ1n) is 13.2. The summed E-state index contributed by atoms with van der Waals surface area (Å²) in [4.78, 5) is 18.5. The van der Waals surface area contributed by atoms with Gasteiger partial charge in [-0.25, -0.2) is 15.0 Å². The average Bonchev–Trinajstić information content (AvgIpc) is 3.47. The molecular weight excluding hydrogens is 472 g/mol. The highest BCUT2D eigenvalue weighted by atomic mass is 16.3. The number of rotatable bonds is 8. The van der Waals surface area contributed by atoms with E-state index in [9.17, 15) is 5.11 Å². The van der Waals surface area contributed by atoms with Crippen LogP contribution in [-0.4, -0.2) is 73.3 Å². The van der Waals surface area contributed by atoms with Gasteiger partial charge in [-0.1, -0.05) is 91.0 Å². The van der Waals surface area contributed by atoms with Crippen LogP contribution in [0.2, 0.25) is 0 Å². The zero-order valence-corrected chi connectivity index (χ0v) is 21.3. The number of aromatic nitrogens is 4. The highest BCUT2D eigenvalue weighted by Gasteiger charge is 2.27. The predicted molar refractivity (Wildman–Crippen MR) is 149 cm³/mol. The third kappa shape index (κ3) is 5.22. The number of piperazine rings is 1. The van der Waals surface area contributed by atoms with Gasteiger partial charge < -0.3 is 9.67 Å². The first-order chi connectivity index (χ1) is 18.8. The summed E-state index contributed by atoms with van der Waals surface area (Å²) in [6, 6.07) is 31.7. The van der Waals surface area contributed by atoms with Gasteiger partial charge in [0.25, 0.3) is 0 Å². The number of β-amino-alcohol motifs (C(OH)–C–C–N with tert-alkyl or cyclic N) is 1. The van der Waals surface area contributed by atoms with E-state index < -0.39 is 6.10 Å². The van der Waals surface area contributed by atoms with E-state index in [1.54, 1.807) is 12.7 Å². The van der Waals surface area contributed by atoms with E-state index >= 15 is 0 Å². The lowest BCUT2D eigenvalue weighted by Gasteiger charge is -2.40. The Hall–Kier alpha value is -3.91. The van der Waals surface area contributed by atoms with Gasteiger partial charge in [0.15, 0.2) is 5.82 Å². The molecule has 0 aliphatic carbocycles. The summed E-state index contributed by atoms with van der Waals surface area (Å²) in [6.07, 6.45) is 2.80. The van der Waals surface area contributed by atoms with Gasteiger partial charge in [-0.2, -0.15) is 0 Å². The van der Waals surface area contributed by atoms with Crippen LogP contribution in [0, 0.1) is 0 Å². The Morgan fingerprint density at radius 2 is 1.26 bits per heavy atom. The average molecular weight is 505 g/mol. The van der Waals surface area contributed by atoms with Gasteiger partial charge in [-0.05, 0) is 11.1 Å². The van der Waals surface area contributed by atoms with E-state index in [0.29, 0.717) is 13.1 Å². The third-order valence-electron chi connectivity index (χ3n) is 7.33. The topological polar surface area (TPSA) is 70.3 Å². The molecule has 6 rings (SSSR count). The Morgan fingerprint density at radius 1 is 0.658 bits per heavy atom.